The zero-order valence-electron chi connectivity index (χ0n) is 30.3. The Labute approximate surface area is 309 Å². The van der Waals surface area contributed by atoms with Crippen LogP contribution in [0.3, 0.4) is 0 Å². The molecule has 53 heavy (non-hydrogen) atoms. The third kappa shape index (κ3) is 7.21. The molecule has 0 aliphatic carbocycles. The molecule has 11 nitrogen and oxygen atoms in total. The second-order valence-electron chi connectivity index (χ2n) is 13.3. The largest absolute Gasteiger partial charge is 0.493 e. The number of hydrogen-bond donors (Lipinski definition) is 1. The Balaban J connectivity index is 0.00000214. The van der Waals surface area contributed by atoms with Crippen molar-refractivity contribution in [3.05, 3.63) is 106 Å². The number of ether oxygens (including phenoxy) is 4. The van der Waals surface area contributed by atoms with E-state index in [0.29, 0.717) is 71.8 Å². The first kappa shape index (κ1) is 35.7. The maximum absolute atomic E-state index is 13.7. The molecule has 4 heterocycles. The van der Waals surface area contributed by atoms with E-state index in [1.54, 1.807) is 38.5 Å². The molecule has 0 fully saturated rings. The molecule has 1 N–H and O–H groups in total. The predicted octanol–water partition coefficient (Wildman–Crippen LogP) is 6.51. The molecule has 2 amide bonds. The zero-order chi connectivity index (χ0) is 36.9. The highest BCUT2D eigenvalue weighted by Crippen LogP contribution is 2.40. The number of carbonyl (C=O) groups excluding carboxylic acids is 2. The highest BCUT2D eigenvalue weighted by Gasteiger charge is 2.34. The number of aliphatic imine (C=N–C) groups is 2. The molecule has 0 spiro atoms. The van der Waals surface area contributed by atoms with Crippen molar-refractivity contribution in [3.63, 3.8) is 0 Å². The van der Waals surface area contributed by atoms with Crippen molar-refractivity contribution < 1.29 is 33.6 Å². The zero-order valence-corrected chi connectivity index (χ0v) is 30.3. The lowest BCUT2D eigenvalue weighted by Gasteiger charge is -2.34. The van der Waals surface area contributed by atoms with Crippen LogP contribution in [0.15, 0.2) is 82.8 Å². The summed E-state index contributed by atoms with van der Waals surface area (Å²) in [6.45, 7) is 2.04. The highest BCUT2D eigenvalue weighted by molar-refractivity contribution is 6.04. The summed E-state index contributed by atoms with van der Waals surface area (Å²) >= 11 is 0. The Morgan fingerprint density at radius 2 is 1.02 bits per heavy atom. The van der Waals surface area contributed by atoms with Crippen molar-refractivity contribution in [2.45, 2.75) is 57.3 Å². The van der Waals surface area contributed by atoms with Crippen LogP contribution in [0.25, 0.3) is 0 Å². The van der Waals surface area contributed by atoms with Gasteiger partial charge >= 0.3 is 0 Å². The number of aliphatic hydroxyl groups is 1. The number of benzene rings is 4. The molecule has 1 unspecified atom stereocenters. The number of hydrogen-bond acceptors (Lipinski definition) is 9. The van der Waals surface area contributed by atoms with Crippen LogP contribution in [0.5, 0.6) is 23.0 Å². The van der Waals surface area contributed by atoms with Gasteiger partial charge in [0.2, 0.25) is 0 Å². The first-order valence-corrected chi connectivity index (χ1v) is 18.0. The van der Waals surface area contributed by atoms with Crippen molar-refractivity contribution in [1.29, 1.82) is 0 Å². The quantitative estimate of drug-likeness (QED) is 0.186. The average molecular weight is 717 g/mol. The van der Waals surface area contributed by atoms with E-state index in [4.69, 9.17) is 34.0 Å². The number of rotatable bonds is 10. The Morgan fingerprint density at radius 3 is 1.43 bits per heavy atom. The first-order valence-electron chi connectivity index (χ1n) is 18.0. The molecular weight excluding hydrogens is 672 g/mol. The Kier molecular flexibility index (Phi) is 10.7. The molecule has 0 saturated carbocycles. The van der Waals surface area contributed by atoms with E-state index in [2.05, 4.69) is 24.3 Å². The van der Waals surface area contributed by atoms with E-state index in [1.807, 2.05) is 46.5 Å². The number of amides is 2. The molecule has 4 aromatic rings. The Hall–Kier alpha value is -5.68. The number of fused-ring (bicyclic) bond motifs is 6. The van der Waals surface area contributed by atoms with Gasteiger partial charge in [0.15, 0.2) is 23.0 Å². The number of nitrogens with zero attached hydrogens (tertiary/aromatic N) is 4. The summed E-state index contributed by atoms with van der Waals surface area (Å²) in [4.78, 5) is 40.5. The summed E-state index contributed by atoms with van der Waals surface area (Å²) < 4.78 is 23.6. The van der Waals surface area contributed by atoms with E-state index in [-0.39, 0.29) is 23.9 Å². The molecule has 4 aliphatic heterocycles. The number of methoxy groups -OCH3 is 2. The SMILES string of the molecule is CO.COc1cc2c(cc1OCCCCCOc1cc3c(cc1OC)C(=O)N1Cc4ccccc4C[C@H]1C=N3)N=CC1Cc3ccccc3CN1C2=O. The van der Waals surface area contributed by atoms with E-state index >= 15 is 0 Å². The monoisotopic (exact) mass is 716 g/mol. The van der Waals surface area contributed by atoms with E-state index in [9.17, 15) is 9.59 Å². The molecule has 11 heteroatoms. The fourth-order valence-corrected chi connectivity index (χ4v) is 7.39. The van der Waals surface area contributed by atoms with Gasteiger partial charge in [0, 0.05) is 44.8 Å². The van der Waals surface area contributed by atoms with Crippen LogP contribution >= 0.6 is 0 Å². The van der Waals surface area contributed by atoms with Crippen LogP contribution in [-0.4, -0.2) is 85.8 Å². The van der Waals surface area contributed by atoms with Crippen LogP contribution in [-0.2, 0) is 25.9 Å². The minimum absolute atomic E-state index is 0.0573. The topological polar surface area (TPSA) is 122 Å². The first-order chi connectivity index (χ1) is 26.0. The summed E-state index contributed by atoms with van der Waals surface area (Å²) in [5.74, 6) is 2.02. The smallest absolute Gasteiger partial charge is 0.257 e. The third-order valence-electron chi connectivity index (χ3n) is 10.2. The molecular formula is C42H44N4O7. The number of unbranched alkanes of at least 4 members (excludes halogenated alkanes) is 2. The van der Waals surface area contributed by atoms with E-state index < -0.39 is 0 Å². The normalized spacial score (nSPS) is 17.7. The summed E-state index contributed by atoms with van der Waals surface area (Å²) in [5, 5.41) is 7.00. The standard InChI is InChI=1S/C41H40N4O6.CH4O/c1-48-36-18-32-34(42-22-30-16-26-10-4-6-12-28(26)24-44(30)40(32)46)20-38(36)50-14-8-3-9-15-51-39-21-35-33(19-37(39)49-2)41(47)45-25-29-13-7-5-11-27(29)17-31(45)23-43-35;1-2/h4-7,10-13,18-23,30-31H,3,8-9,14-17,24-25H2,1-2H3;2H,1H3/t30-,31?;/m0./s1. The van der Waals surface area contributed by atoms with Gasteiger partial charge in [-0.25, -0.2) is 0 Å². The fraction of sp³-hybridized carbons (Fsp3) is 0.333. The van der Waals surface area contributed by atoms with Gasteiger partial charge in [-0.15, -0.1) is 0 Å². The summed E-state index contributed by atoms with van der Waals surface area (Å²) in [6, 6.07) is 23.4. The maximum atomic E-state index is 13.7. The van der Waals surface area contributed by atoms with Crippen molar-refractivity contribution in [1.82, 2.24) is 9.80 Å². The van der Waals surface area contributed by atoms with Crippen LogP contribution in [0, 0.1) is 0 Å². The summed E-state index contributed by atoms with van der Waals surface area (Å²) in [7, 11) is 4.16. The molecule has 0 radical (unpaired) electrons. The van der Waals surface area contributed by atoms with Crippen LogP contribution < -0.4 is 18.9 Å². The second kappa shape index (κ2) is 15.9. The Bertz CT molecular complexity index is 1920. The van der Waals surface area contributed by atoms with Gasteiger partial charge in [0.1, 0.15) is 0 Å². The van der Waals surface area contributed by atoms with Gasteiger partial charge in [-0.3, -0.25) is 19.6 Å². The molecule has 4 aromatic carbocycles. The highest BCUT2D eigenvalue weighted by atomic mass is 16.5. The molecule has 2 atom stereocenters. The van der Waals surface area contributed by atoms with Gasteiger partial charge in [-0.1, -0.05) is 48.5 Å². The maximum Gasteiger partial charge on any atom is 0.257 e. The third-order valence-corrected chi connectivity index (χ3v) is 10.2. The van der Waals surface area contributed by atoms with Gasteiger partial charge in [-0.05, 0) is 66.5 Å². The van der Waals surface area contributed by atoms with Gasteiger partial charge in [0.25, 0.3) is 11.8 Å². The summed E-state index contributed by atoms with van der Waals surface area (Å²) in [5.41, 5.74) is 7.04. The van der Waals surface area contributed by atoms with E-state index in [0.717, 1.165) is 39.2 Å². The predicted molar refractivity (Wildman–Crippen MR) is 203 cm³/mol. The Morgan fingerprint density at radius 1 is 0.604 bits per heavy atom. The average Bonchev–Trinajstić information content (AvgIpc) is 3.41. The lowest BCUT2D eigenvalue weighted by molar-refractivity contribution is 0.0696. The van der Waals surface area contributed by atoms with Crippen molar-refractivity contribution >= 4 is 35.6 Å². The van der Waals surface area contributed by atoms with Gasteiger partial charge in [-0.2, -0.15) is 0 Å². The van der Waals surface area contributed by atoms with Crippen LogP contribution in [0.1, 0.15) is 62.2 Å². The minimum Gasteiger partial charge on any atom is -0.493 e. The minimum atomic E-state index is -0.0980. The van der Waals surface area contributed by atoms with Crippen molar-refractivity contribution in [3.8, 4) is 23.0 Å². The number of carbonyl (C=O) groups is 2. The van der Waals surface area contributed by atoms with E-state index in [1.165, 1.54) is 22.3 Å². The molecule has 274 valence electrons. The molecule has 4 aliphatic rings. The lowest BCUT2D eigenvalue weighted by Crippen LogP contribution is -2.44. The van der Waals surface area contributed by atoms with Gasteiger partial charge in [0.05, 0.1) is 62.0 Å². The molecule has 0 bridgehead atoms. The molecule has 8 rings (SSSR count). The van der Waals surface area contributed by atoms with Crippen LogP contribution in [0.4, 0.5) is 11.4 Å². The molecule has 0 aromatic heterocycles. The van der Waals surface area contributed by atoms with Crippen molar-refractivity contribution in [2.75, 3.05) is 34.5 Å². The summed E-state index contributed by atoms with van der Waals surface area (Å²) in [6.07, 6.45) is 7.68. The molecule has 0 saturated heterocycles. The number of aliphatic hydroxyl groups excluding tert-OH is 1. The fourth-order valence-electron chi connectivity index (χ4n) is 7.39. The van der Waals surface area contributed by atoms with Crippen molar-refractivity contribution in [2.24, 2.45) is 9.98 Å². The van der Waals surface area contributed by atoms with Crippen LogP contribution in [0.2, 0.25) is 0 Å². The lowest BCUT2D eigenvalue weighted by atomic mass is 9.94. The second-order valence-corrected chi connectivity index (χ2v) is 13.3. The van der Waals surface area contributed by atoms with Gasteiger partial charge < -0.3 is 33.9 Å².